The van der Waals surface area contributed by atoms with Gasteiger partial charge in [-0.3, -0.25) is 9.40 Å². The molecule has 0 amide bonds. The van der Waals surface area contributed by atoms with Gasteiger partial charge in [0.05, 0.1) is 29.5 Å². The molecular formula is C14H17N3O4S. The maximum absolute atomic E-state index is 12.3. The number of anilines is 1. The van der Waals surface area contributed by atoms with Gasteiger partial charge < -0.3 is 4.74 Å². The smallest absolute Gasteiger partial charge is 0.337 e. The van der Waals surface area contributed by atoms with Crippen LogP contribution >= 0.6 is 0 Å². The fourth-order valence-corrected chi connectivity index (χ4v) is 2.87. The first kappa shape index (κ1) is 16.0. The van der Waals surface area contributed by atoms with Crippen molar-refractivity contribution in [1.29, 1.82) is 0 Å². The Bertz CT molecular complexity index is 781. The van der Waals surface area contributed by atoms with Crippen molar-refractivity contribution in [3.05, 3.63) is 42.2 Å². The van der Waals surface area contributed by atoms with Crippen LogP contribution in [0, 0.1) is 0 Å². The maximum Gasteiger partial charge on any atom is 0.337 e. The van der Waals surface area contributed by atoms with Gasteiger partial charge in [-0.2, -0.15) is 5.10 Å². The monoisotopic (exact) mass is 323 g/mol. The second-order valence-corrected chi connectivity index (χ2v) is 6.61. The Morgan fingerprint density at radius 3 is 2.68 bits per heavy atom. The molecule has 0 fully saturated rings. The maximum atomic E-state index is 12.3. The topological polar surface area (TPSA) is 90.3 Å². The van der Waals surface area contributed by atoms with E-state index in [1.807, 2.05) is 13.8 Å². The van der Waals surface area contributed by atoms with Crippen LogP contribution < -0.4 is 4.72 Å². The highest BCUT2D eigenvalue weighted by molar-refractivity contribution is 7.92. The lowest BCUT2D eigenvalue weighted by atomic mass is 10.2. The molecule has 0 aliphatic carbocycles. The highest BCUT2D eigenvalue weighted by Gasteiger charge is 2.17. The highest BCUT2D eigenvalue weighted by Crippen LogP contribution is 2.18. The molecule has 0 unspecified atom stereocenters. The van der Waals surface area contributed by atoms with E-state index >= 15 is 0 Å². The summed E-state index contributed by atoms with van der Waals surface area (Å²) < 4.78 is 33.3. The third-order valence-electron chi connectivity index (χ3n) is 2.95. The number of carbonyl (C=O) groups excluding carboxylic acids is 1. The Morgan fingerprint density at radius 2 is 2.09 bits per heavy atom. The van der Waals surface area contributed by atoms with Crippen LogP contribution in [0.3, 0.4) is 0 Å². The molecule has 0 spiro atoms. The summed E-state index contributed by atoms with van der Waals surface area (Å²) in [7, 11) is -2.56. The number of hydrogen-bond donors (Lipinski definition) is 1. The first-order chi connectivity index (χ1) is 10.3. The summed E-state index contributed by atoms with van der Waals surface area (Å²) in [5.74, 6) is -0.593. The van der Waals surface area contributed by atoms with Crippen molar-refractivity contribution in [3.8, 4) is 0 Å². The zero-order chi connectivity index (χ0) is 16.3. The number of nitrogens with zero attached hydrogens (tertiary/aromatic N) is 2. The molecule has 0 aliphatic rings. The van der Waals surface area contributed by atoms with E-state index in [0.29, 0.717) is 5.69 Å². The average molecular weight is 323 g/mol. The van der Waals surface area contributed by atoms with Crippen LogP contribution in [-0.4, -0.2) is 31.3 Å². The van der Waals surface area contributed by atoms with Crippen molar-refractivity contribution in [3.63, 3.8) is 0 Å². The lowest BCUT2D eigenvalue weighted by molar-refractivity contribution is 0.0600. The molecule has 118 valence electrons. The first-order valence-electron chi connectivity index (χ1n) is 6.59. The standard InChI is InChI=1S/C14H17N3O4S/c1-10(2)17-9-12(8-15-17)16-22(19,20)13-6-4-5-11(7-13)14(18)21-3/h4-10,16H,1-3H3. The van der Waals surface area contributed by atoms with Crippen molar-refractivity contribution in [1.82, 2.24) is 9.78 Å². The van der Waals surface area contributed by atoms with Gasteiger partial charge in [-0.15, -0.1) is 0 Å². The number of sulfonamides is 1. The molecule has 0 saturated carbocycles. The second-order valence-electron chi connectivity index (χ2n) is 4.93. The Kier molecular flexibility index (Phi) is 4.51. The summed E-state index contributed by atoms with van der Waals surface area (Å²) in [5.41, 5.74) is 0.528. The number of aromatic nitrogens is 2. The SMILES string of the molecule is COC(=O)c1cccc(S(=O)(=O)Nc2cnn(C(C)C)c2)c1. The fourth-order valence-electron chi connectivity index (χ4n) is 1.80. The number of hydrogen-bond acceptors (Lipinski definition) is 5. The van der Waals surface area contributed by atoms with Crippen molar-refractivity contribution in [2.45, 2.75) is 24.8 Å². The van der Waals surface area contributed by atoms with E-state index in [1.165, 1.54) is 37.6 Å². The van der Waals surface area contributed by atoms with Crippen LogP contribution in [0.25, 0.3) is 0 Å². The zero-order valence-electron chi connectivity index (χ0n) is 12.5. The van der Waals surface area contributed by atoms with Gasteiger partial charge in [0, 0.05) is 12.2 Å². The summed E-state index contributed by atoms with van der Waals surface area (Å²) >= 11 is 0. The average Bonchev–Trinajstić information content (AvgIpc) is 2.94. The van der Waals surface area contributed by atoms with E-state index in [4.69, 9.17) is 0 Å². The number of ether oxygens (including phenoxy) is 1. The molecule has 0 atom stereocenters. The molecule has 0 radical (unpaired) electrons. The van der Waals surface area contributed by atoms with Crippen LogP contribution in [0.5, 0.6) is 0 Å². The second kappa shape index (κ2) is 6.18. The summed E-state index contributed by atoms with van der Waals surface area (Å²) in [5, 5.41) is 4.07. The molecule has 1 aromatic heterocycles. The number of benzene rings is 1. The minimum absolute atomic E-state index is 0.0207. The Hall–Kier alpha value is -2.35. The van der Waals surface area contributed by atoms with Gasteiger partial charge in [0.2, 0.25) is 0 Å². The highest BCUT2D eigenvalue weighted by atomic mass is 32.2. The lowest BCUT2D eigenvalue weighted by Gasteiger charge is -2.07. The number of rotatable bonds is 5. The molecule has 2 aromatic rings. The van der Waals surface area contributed by atoms with Crippen LogP contribution in [0.15, 0.2) is 41.6 Å². The molecular weight excluding hydrogens is 306 g/mol. The van der Waals surface area contributed by atoms with Crippen LogP contribution in [0.4, 0.5) is 5.69 Å². The molecule has 8 heteroatoms. The summed E-state index contributed by atoms with van der Waals surface area (Å²) in [6.07, 6.45) is 3.04. The molecule has 1 heterocycles. The molecule has 0 bridgehead atoms. The quantitative estimate of drug-likeness (QED) is 0.851. The van der Waals surface area contributed by atoms with Crippen LogP contribution in [-0.2, 0) is 14.8 Å². The predicted molar refractivity (Wildman–Crippen MR) is 81.2 cm³/mol. The Morgan fingerprint density at radius 1 is 1.36 bits per heavy atom. The minimum Gasteiger partial charge on any atom is -0.465 e. The number of methoxy groups -OCH3 is 1. The van der Waals surface area contributed by atoms with Gasteiger partial charge >= 0.3 is 5.97 Å². The van der Waals surface area contributed by atoms with Crippen molar-refractivity contribution in [2.24, 2.45) is 0 Å². The molecule has 0 aliphatic heterocycles. The molecule has 1 aromatic carbocycles. The van der Waals surface area contributed by atoms with Gasteiger partial charge in [0.1, 0.15) is 0 Å². The third kappa shape index (κ3) is 3.45. The van der Waals surface area contributed by atoms with Gasteiger partial charge in [-0.25, -0.2) is 13.2 Å². The lowest BCUT2D eigenvalue weighted by Crippen LogP contribution is -2.13. The van der Waals surface area contributed by atoms with Crippen molar-refractivity contribution in [2.75, 3.05) is 11.8 Å². The zero-order valence-corrected chi connectivity index (χ0v) is 13.3. The summed E-state index contributed by atoms with van der Waals surface area (Å²) in [6, 6.07) is 5.77. The van der Waals surface area contributed by atoms with E-state index in [0.717, 1.165) is 0 Å². The van der Waals surface area contributed by atoms with E-state index in [9.17, 15) is 13.2 Å². The van der Waals surface area contributed by atoms with Crippen LogP contribution in [0.2, 0.25) is 0 Å². The normalized spacial score (nSPS) is 11.5. The van der Waals surface area contributed by atoms with Gasteiger partial charge in [0.25, 0.3) is 10.0 Å². The third-order valence-corrected chi connectivity index (χ3v) is 4.33. The minimum atomic E-state index is -3.80. The first-order valence-corrected chi connectivity index (χ1v) is 8.07. The van der Waals surface area contributed by atoms with Gasteiger partial charge in [-0.1, -0.05) is 6.07 Å². The number of esters is 1. The van der Waals surface area contributed by atoms with E-state index in [-0.39, 0.29) is 16.5 Å². The fraction of sp³-hybridized carbons (Fsp3) is 0.286. The number of carbonyl (C=O) groups is 1. The molecule has 7 nitrogen and oxygen atoms in total. The Balaban J connectivity index is 2.28. The Labute approximate surface area is 129 Å². The molecule has 22 heavy (non-hydrogen) atoms. The van der Waals surface area contributed by atoms with Crippen molar-refractivity contribution >= 4 is 21.7 Å². The van der Waals surface area contributed by atoms with Gasteiger partial charge in [0.15, 0.2) is 0 Å². The summed E-state index contributed by atoms with van der Waals surface area (Å²) in [6.45, 7) is 3.87. The molecule has 1 N–H and O–H groups in total. The van der Waals surface area contributed by atoms with Crippen LogP contribution in [0.1, 0.15) is 30.2 Å². The predicted octanol–water partition coefficient (Wildman–Crippen LogP) is 2.05. The summed E-state index contributed by atoms with van der Waals surface area (Å²) in [4.78, 5) is 11.5. The molecule has 0 saturated heterocycles. The van der Waals surface area contributed by atoms with E-state index in [2.05, 4.69) is 14.6 Å². The molecule has 2 rings (SSSR count). The largest absolute Gasteiger partial charge is 0.465 e. The van der Waals surface area contributed by atoms with E-state index in [1.54, 1.807) is 10.9 Å². The van der Waals surface area contributed by atoms with Crippen molar-refractivity contribution < 1.29 is 17.9 Å². The van der Waals surface area contributed by atoms with Gasteiger partial charge in [-0.05, 0) is 32.0 Å². The number of nitrogens with one attached hydrogen (secondary N) is 1. The van der Waals surface area contributed by atoms with E-state index < -0.39 is 16.0 Å².